The molecule has 1 aliphatic heterocycles. The normalized spacial score (nSPS) is 19.5. The molecule has 21 heavy (non-hydrogen) atoms. The topological polar surface area (TPSA) is 48.3 Å². The second-order valence-electron chi connectivity index (χ2n) is 5.58. The van der Waals surface area contributed by atoms with E-state index in [1.165, 1.54) is 45.3 Å². The van der Waals surface area contributed by atoms with Gasteiger partial charge in [-0.25, -0.2) is 0 Å². The fourth-order valence-electron chi connectivity index (χ4n) is 2.84. The van der Waals surface area contributed by atoms with Gasteiger partial charge in [-0.2, -0.15) is 5.26 Å². The Balaban J connectivity index is 1.82. The molecule has 1 unspecified atom stereocenters. The minimum absolute atomic E-state index is 0.0999. The summed E-state index contributed by atoms with van der Waals surface area (Å²) in [6.45, 7) is 5.98. The van der Waals surface area contributed by atoms with Crippen LogP contribution in [0.2, 0.25) is 0 Å². The van der Waals surface area contributed by atoms with Crippen LogP contribution in [0.25, 0.3) is 0 Å². The molecule has 4 nitrogen and oxygen atoms in total. The summed E-state index contributed by atoms with van der Waals surface area (Å²) in [5.74, 6) is 0.747. The van der Waals surface area contributed by atoms with Crippen LogP contribution in [0.4, 0.5) is 5.69 Å². The SMILES string of the molecule is CCCN1CCCC(Nc2ccc(OCC#N)cc2)CC1. The summed E-state index contributed by atoms with van der Waals surface area (Å²) < 4.78 is 5.27. The predicted octanol–water partition coefficient (Wildman–Crippen LogP) is 3.27. The first kappa shape index (κ1) is 15.7. The first-order valence-corrected chi connectivity index (χ1v) is 7.90. The van der Waals surface area contributed by atoms with Crippen LogP contribution in [-0.4, -0.2) is 37.2 Å². The lowest BCUT2D eigenvalue weighted by Gasteiger charge is -2.20. The molecule has 1 aliphatic rings. The quantitative estimate of drug-likeness (QED) is 0.872. The summed E-state index contributed by atoms with van der Waals surface area (Å²) in [5.41, 5.74) is 1.13. The number of benzene rings is 1. The molecular formula is C17H25N3O. The van der Waals surface area contributed by atoms with Gasteiger partial charge in [0.25, 0.3) is 0 Å². The van der Waals surface area contributed by atoms with Gasteiger partial charge in [-0.1, -0.05) is 6.92 Å². The van der Waals surface area contributed by atoms with Crippen LogP contribution in [0, 0.1) is 11.3 Å². The minimum Gasteiger partial charge on any atom is -0.479 e. The number of anilines is 1. The van der Waals surface area contributed by atoms with Crippen LogP contribution in [0.3, 0.4) is 0 Å². The van der Waals surface area contributed by atoms with Crippen LogP contribution in [0.15, 0.2) is 24.3 Å². The highest BCUT2D eigenvalue weighted by molar-refractivity contribution is 5.47. The van der Waals surface area contributed by atoms with Crippen molar-refractivity contribution in [3.8, 4) is 11.8 Å². The van der Waals surface area contributed by atoms with E-state index in [9.17, 15) is 0 Å². The summed E-state index contributed by atoms with van der Waals surface area (Å²) in [7, 11) is 0. The molecule has 2 rings (SSSR count). The third kappa shape index (κ3) is 5.28. The fraction of sp³-hybridized carbons (Fsp3) is 0.588. The van der Waals surface area contributed by atoms with Crippen molar-refractivity contribution in [2.75, 3.05) is 31.6 Å². The monoisotopic (exact) mass is 287 g/mol. The minimum atomic E-state index is 0.0999. The van der Waals surface area contributed by atoms with E-state index in [2.05, 4.69) is 17.1 Å². The Labute approximate surface area is 127 Å². The van der Waals surface area contributed by atoms with Crippen LogP contribution < -0.4 is 10.1 Å². The molecule has 4 heteroatoms. The van der Waals surface area contributed by atoms with E-state index in [-0.39, 0.29) is 6.61 Å². The van der Waals surface area contributed by atoms with Crippen molar-refractivity contribution in [2.24, 2.45) is 0 Å². The van der Waals surface area contributed by atoms with Crippen molar-refractivity contribution in [3.05, 3.63) is 24.3 Å². The maximum absolute atomic E-state index is 8.49. The van der Waals surface area contributed by atoms with Crippen LogP contribution in [0.5, 0.6) is 5.75 Å². The molecule has 0 spiro atoms. The molecule has 1 aromatic carbocycles. The molecule has 1 fully saturated rings. The van der Waals surface area contributed by atoms with Crippen molar-refractivity contribution in [3.63, 3.8) is 0 Å². The Kier molecular flexibility index (Phi) is 6.36. The molecule has 0 bridgehead atoms. The zero-order valence-corrected chi connectivity index (χ0v) is 12.8. The summed E-state index contributed by atoms with van der Waals surface area (Å²) in [6.07, 6.45) is 4.93. The highest BCUT2D eigenvalue weighted by Gasteiger charge is 2.16. The second kappa shape index (κ2) is 8.53. The Morgan fingerprint density at radius 1 is 1.29 bits per heavy atom. The molecule has 1 aromatic rings. The van der Waals surface area contributed by atoms with Gasteiger partial charge in [-0.15, -0.1) is 0 Å². The summed E-state index contributed by atoms with van der Waals surface area (Å²) in [5, 5.41) is 12.1. The number of nitrogens with zero attached hydrogens (tertiary/aromatic N) is 2. The Morgan fingerprint density at radius 2 is 2.10 bits per heavy atom. The Hall–Kier alpha value is -1.73. The van der Waals surface area contributed by atoms with E-state index in [1.807, 2.05) is 30.3 Å². The van der Waals surface area contributed by atoms with Gasteiger partial charge < -0.3 is 15.0 Å². The molecule has 0 aromatic heterocycles. The lowest BCUT2D eigenvalue weighted by Crippen LogP contribution is -2.27. The number of nitriles is 1. The molecule has 0 amide bonds. The molecule has 114 valence electrons. The molecule has 1 atom stereocenters. The number of likely N-dealkylation sites (tertiary alicyclic amines) is 1. The van der Waals surface area contributed by atoms with Crippen LogP contribution in [-0.2, 0) is 0 Å². The van der Waals surface area contributed by atoms with Gasteiger partial charge in [0, 0.05) is 18.3 Å². The van der Waals surface area contributed by atoms with Crippen molar-refractivity contribution in [2.45, 2.75) is 38.6 Å². The van der Waals surface area contributed by atoms with Crippen molar-refractivity contribution in [1.82, 2.24) is 4.90 Å². The van der Waals surface area contributed by atoms with E-state index in [0.717, 1.165) is 11.4 Å². The summed E-state index contributed by atoms with van der Waals surface area (Å²) in [4.78, 5) is 2.57. The maximum atomic E-state index is 8.49. The standard InChI is InChI=1S/C17H25N3O/c1-2-11-20-12-3-4-15(9-13-20)19-16-5-7-17(8-6-16)21-14-10-18/h5-8,15,19H,2-4,9,11-14H2,1H3. The third-order valence-electron chi connectivity index (χ3n) is 3.89. The van der Waals surface area contributed by atoms with Gasteiger partial charge in [0.1, 0.15) is 11.8 Å². The van der Waals surface area contributed by atoms with Gasteiger partial charge in [0.15, 0.2) is 6.61 Å². The highest BCUT2D eigenvalue weighted by Crippen LogP contribution is 2.20. The first-order valence-electron chi connectivity index (χ1n) is 7.90. The van der Waals surface area contributed by atoms with E-state index >= 15 is 0 Å². The van der Waals surface area contributed by atoms with Crippen LogP contribution >= 0.6 is 0 Å². The first-order chi connectivity index (χ1) is 10.3. The second-order valence-corrected chi connectivity index (χ2v) is 5.58. The van der Waals surface area contributed by atoms with E-state index in [0.29, 0.717) is 6.04 Å². The largest absolute Gasteiger partial charge is 0.479 e. The molecule has 0 aliphatic carbocycles. The molecule has 1 heterocycles. The summed E-state index contributed by atoms with van der Waals surface area (Å²) in [6, 6.07) is 10.4. The third-order valence-corrected chi connectivity index (χ3v) is 3.89. The highest BCUT2D eigenvalue weighted by atomic mass is 16.5. The number of hydrogen-bond donors (Lipinski definition) is 1. The van der Waals surface area contributed by atoms with Crippen molar-refractivity contribution < 1.29 is 4.74 Å². The average Bonchev–Trinajstić information content (AvgIpc) is 2.73. The van der Waals surface area contributed by atoms with E-state index in [1.54, 1.807) is 0 Å². The van der Waals surface area contributed by atoms with Gasteiger partial charge in [0.05, 0.1) is 0 Å². The van der Waals surface area contributed by atoms with Gasteiger partial charge in [-0.05, 0) is 63.0 Å². The molecule has 1 N–H and O–H groups in total. The maximum Gasteiger partial charge on any atom is 0.174 e. The van der Waals surface area contributed by atoms with Gasteiger partial charge >= 0.3 is 0 Å². The Morgan fingerprint density at radius 3 is 2.81 bits per heavy atom. The van der Waals surface area contributed by atoms with Gasteiger partial charge in [0.2, 0.25) is 0 Å². The molecule has 0 saturated carbocycles. The zero-order chi connectivity index (χ0) is 14.9. The van der Waals surface area contributed by atoms with Crippen LogP contribution in [0.1, 0.15) is 32.6 Å². The summed E-state index contributed by atoms with van der Waals surface area (Å²) >= 11 is 0. The zero-order valence-electron chi connectivity index (χ0n) is 12.8. The van der Waals surface area contributed by atoms with E-state index < -0.39 is 0 Å². The number of rotatable bonds is 6. The predicted molar refractivity (Wildman–Crippen MR) is 85.5 cm³/mol. The molecule has 0 radical (unpaired) electrons. The van der Waals surface area contributed by atoms with E-state index in [4.69, 9.17) is 10.00 Å². The average molecular weight is 287 g/mol. The number of hydrogen-bond acceptors (Lipinski definition) is 4. The fourth-order valence-corrected chi connectivity index (χ4v) is 2.84. The van der Waals surface area contributed by atoms with Gasteiger partial charge in [-0.3, -0.25) is 0 Å². The Bertz CT molecular complexity index is 452. The number of nitrogens with one attached hydrogen (secondary N) is 1. The lowest BCUT2D eigenvalue weighted by atomic mass is 10.1. The molecule has 1 saturated heterocycles. The lowest BCUT2D eigenvalue weighted by molar-refractivity contribution is 0.285. The smallest absolute Gasteiger partial charge is 0.174 e. The van der Waals surface area contributed by atoms with Crippen molar-refractivity contribution in [1.29, 1.82) is 5.26 Å². The molecular weight excluding hydrogens is 262 g/mol. The number of ether oxygens (including phenoxy) is 1. The van der Waals surface area contributed by atoms with Crippen molar-refractivity contribution >= 4 is 5.69 Å².